The van der Waals surface area contributed by atoms with E-state index in [1.807, 2.05) is 31.2 Å². The second-order valence-corrected chi connectivity index (χ2v) is 8.76. The minimum atomic E-state index is -0.809. The number of carboxylic acids is 1. The van der Waals surface area contributed by atoms with E-state index < -0.39 is 5.97 Å². The number of aryl methyl sites for hydroxylation is 3. The third-order valence-corrected chi connectivity index (χ3v) is 6.06. The average molecular weight is 466 g/mol. The van der Waals surface area contributed by atoms with Gasteiger partial charge in [-0.2, -0.15) is 0 Å². The number of carbonyl (C=O) groups is 1. The number of rotatable bonds is 12. The maximum absolute atomic E-state index is 10.6. The molecule has 1 aliphatic rings. The van der Waals surface area contributed by atoms with Gasteiger partial charge in [-0.05, 0) is 67.9 Å². The molecule has 0 atom stereocenters. The molecule has 0 bridgehead atoms. The Kier molecular flexibility index (Phi) is 8.12. The van der Waals surface area contributed by atoms with Crippen LogP contribution >= 0.6 is 0 Å². The number of ether oxygens (including phenoxy) is 2. The highest BCUT2D eigenvalue weighted by Gasteiger charge is 2.19. The second-order valence-electron chi connectivity index (χ2n) is 8.76. The Bertz CT molecular complexity index is 1090. The van der Waals surface area contributed by atoms with Gasteiger partial charge in [0.05, 0.1) is 13.2 Å². The SMILES string of the molecule is Cc1cc(CCc2nnc(-c3cccnc3OCC3CCCC3)o2)ccc1OCCCC(=O)O. The minimum absolute atomic E-state index is 0.108. The maximum atomic E-state index is 10.6. The van der Waals surface area contributed by atoms with Crippen molar-refractivity contribution >= 4 is 5.97 Å². The van der Waals surface area contributed by atoms with E-state index in [9.17, 15) is 4.79 Å². The van der Waals surface area contributed by atoms with Gasteiger partial charge in [-0.15, -0.1) is 10.2 Å². The number of carboxylic acid groups (broad SMARTS) is 1. The first-order chi connectivity index (χ1) is 16.6. The van der Waals surface area contributed by atoms with Crippen molar-refractivity contribution in [3.05, 3.63) is 53.5 Å². The summed E-state index contributed by atoms with van der Waals surface area (Å²) in [6.45, 7) is 3.04. The molecule has 0 aliphatic heterocycles. The summed E-state index contributed by atoms with van der Waals surface area (Å²) in [7, 11) is 0. The van der Waals surface area contributed by atoms with E-state index in [1.165, 1.54) is 25.7 Å². The number of hydrogen-bond acceptors (Lipinski definition) is 7. The maximum Gasteiger partial charge on any atom is 0.303 e. The van der Waals surface area contributed by atoms with Crippen LogP contribution in [0.2, 0.25) is 0 Å². The second kappa shape index (κ2) is 11.6. The third kappa shape index (κ3) is 6.56. The molecule has 34 heavy (non-hydrogen) atoms. The molecule has 0 radical (unpaired) electrons. The lowest BCUT2D eigenvalue weighted by molar-refractivity contribution is -0.137. The van der Waals surface area contributed by atoms with E-state index in [0.29, 0.717) is 49.6 Å². The first-order valence-corrected chi connectivity index (χ1v) is 11.9. The summed E-state index contributed by atoms with van der Waals surface area (Å²) in [5.74, 6) is 2.09. The van der Waals surface area contributed by atoms with Gasteiger partial charge in [0.1, 0.15) is 11.3 Å². The highest BCUT2D eigenvalue weighted by molar-refractivity contribution is 5.66. The van der Waals surface area contributed by atoms with Crippen LogP contribution in [-0.2, 0) is 17.6 Å². The van der Waals surface area contributed by atoms with E-state index in [4.69, 9.17) is 19.0 Å². The number of aliphatic carboxylic acids is 1. The van der Waals surface area contributed by atoms with Crippen molar-refractivity contribution in [3.8, 4) is 23.1 Å². The molecule has 0 unspecified atom stereocenters. The highest BCUT2D eigenvalue weighted by Crippen LogP contribution is 2.30. The van der Waals surface area contributed by atoms with Crippen molar-refractivity contribution in [1.29, 1.82) is 0 Å². The molecule has 0 spiro atoms. The quantitative estimate of drug-likeness (QED) is 0.371. The Morgan fingerprint density at radius 2 is 2.00 bits per heavy atom. The summed E-state index contributed by atoms with van der Waals surface area (Å²) < 4.78 is 17.6. The van der Waals surface area contributed by atoms with Gasteiger partial charge >= 0.3 is 5.97 Å². The molecule has 8 nitrogen and oxygen atoms in total. The van der Waals surface area contributed by atoms with Gasteiger partial charge in [0.2, 0.25) is 11.8 Å². The van der Waals surface area contributed by atoms with E-state index in [1.54, 1.807) is 6.20 Å². The smallest absolute Gasteiger partial charge is 0.303 e. The van der Waals surface area contributed by atoms with E-state index in [2.05, 4.69) is 21.2 Å². The fourth-order valence-electron chi connectivity index (χ4n) is 4.19. The topological polar surface area (TPSA) is 108 Å². The molecule has 0 saturated heterocycles. The number of pyridine rings is 1. The Morgan fingerprint density at radius 3 is 2.79 bits per heavy atom. The molecule has 2 aromatic heterocycles. The van der Waals surface area contributed by atoms with E-state index in [-0.39, 0.29) is 6.42 Å². The summed E-state index contributed by atoms with van der Waals surface area (Å²) in [5, 5.41) is 17.2. The summed E-state index contributed by atoms with van der Waals surface area (Å²) in [6.07, 6.45) is 8.65. The number of benzene rings is 1. The van der Waals surface area contributed by atoms with E-state index >= 15 is 0 Å². The van der Waals surface area contributed by atoms with Crippen molar-refractivity contribution < 1.29 is 23.8 Å². The van der Waals surface area contributed by atoms with Gasteiger partial charge in [0, 0.05) is 19.0 Å². The van der Waals surface area contributed by atoms with Crippen LogP contribution in [0.4, 0.5) is 0 Å². The summed E-state index contributed by atoms with van der Waals surface area (Å²) in [6, 6.07) is 9.74. The summed E-state index contributed by atoms with van der Waals surface area (Å²) in [5.41, 5.74) is 2.87. The Hall–Kier alpha value is -3.42. The van der Waals surface area contributed by atoms with Crippen molar-refractivity contribution in [2.75, 3.05) is 13.2 Å². The first kappa shape index (κ1) is 23.7. The standard InChI is InChI=1S/C26H31N3O5/c1-18-16-19(10-12-22(18)32-15-5-9-24(30)31)11-13-23-28-29-26(34-23)21-8-4-14-27-25(21)33-17-20-6-2-3-7-20/h4,8,10,12,14,16,20H,2-3,5-7,9,11,13,15,17H2,1H3,(H,30,31). The van der Waals surface area contributed by atoms with Gasteiger partial charge in [-0.1, -0.05) is 25.0 Å². The van der Waals surface area contributed by atoms with Crippen molar-refractivity contribution in [2.24, 2.45) is 5.92 Å². The van der Waals surface area contributed by atoms with Crippen LogP contribution in [-0.4, -0.2) is 39.5 Å². The fourth-order valence-corrected chi connectivity index (χ4v) is 4.19. The summed E-state index contributed by atoms with van der Waals surface area (Å²) in [4.78, 5) is 15.0. The molecule has 1 aliphatic carbocycles. The lowest BCUT2D eigenvalue weighted by Crippen LogP contribution is -2.09. The molecule has 0 amide bonds. The van der Waals surface area contributed by atoms with Gasteiger partial charge < -0.3 is 19.0 Å². The molecule has 2 heterocycles. The van der Waals surface area contributed by atoms with Crippen molar-refractivity contribution in [1.82, 2.24) is 15.2 Å². The average Bonchev–Trinajstić information content (AvgIpc) is 3.52. The normalized spacial score (nSPS) is 13.8. The first-order valence-electron chi connectivity index (χ1n) is 11.9. The number of nitrogens with zero attached hydrogens (tertiary/aromatic N) is 3. The van der Waals surface area contributed by atoms with Gasteiger partial charge in [0.15, 0.2) is 0 Å². The number of hydrogen-bond donors (Lipinski definition) is 1. The molecule has 180 valence electrons. The van der Waals surface area contributed by atoms with Crippen LogP contribution in [0.3, 0.4) is 0 Å². The molecular formula is C26H31N3O5. The molecule has 4 rings (SSSR count). The van der Waals surface area contributed by atoms with Crippen molar-refractivity contribution in [2.45, 2.75) is 58.3 Å². The highest BCUT2D eigenvalue weighted by atomic mass is 16.5. The van der Waals surface area contributed by atoms with Crippen LogP contribution in [0.15, 0.2) is 40.9 Å². The molecule has 1 fully saturated rings. The number of aromatic nitrogens is 3. The zero-order chi connectivity index (χ0) is 23.8. The van der Waals surface area contributed by atoms with Gasteiger partial charge in [-0.25, -0.2) is 4.98 Å². The molecule has 1 aromatic carbocycles. The Labute approximate surface area is 199 Å². The van der Waals surface area contributed by atoms with Crippen LogP contribution in [0.25, 0.3) is 11.5 Å². The van der Waals surface area contributed by atoms with Gasteiger partial charge in [0.25, 0.3) is 5.89 Å². The molecule has 1 N–H and O–H groups in total. The monoisotopic (exact) mass is 465 g/mol. The van der Waals surface area contributed by atoms with Crippen LogP contribution in [0.1, 0.15) is 55.5 Å². The predicted octanol–water partition coefficient (Wildman–Crippen LogP) is 5.04. The Balaban J connectivity index is 1.32. The van der Waals surface area contributed by atoms with Crippen molar-refractivity contribution in [3.63, 3.8) is 0 Å². The van der Waals surface area contributed by atoms with E-state index in [0.717, 1.165) is 28.9 Å². The zero-order valence-electron chi connectivity index (χ0n) is 19.5. The van der Waals surface area contributed by atoms with Crippen LogP contribution < -0.4 is 9.47 Å². The van der Waals surface area contributed by atoms with Crippen LogP contribution in [0, 0.1) is 12.8 Å². The molecule has 3 aromatic rings. The largest absolute Gasteiger partial charge is 0.493 e. The Morgan fingerprint density at radius 1 is 1.15 bits per heavy atom. The third-order valence-electron chi connectivity index (χ3n) is 6.06. The van der Waals surface area contributed by atoms with Gasteiger partial charge in [-0.3, -0.25) is 4.79 Å². The molecular weight excluding hydrogens is 434 g/mol. The predicted molar refractivity (Wildman–Crippen MR) is 126 cm³/mol. The van der Waals surface area contributed by atoms with Crippen LogP contribution in [0.5, 0.6) is 11.6 Å². The fraction of sp³-hybridized carbons (Fsp3) is 0.462. The molecule has 1 saturated carbocycles. The zero-order valence-corrected chi connectivity index (χ0v) is 19.5. The summed E-state index contributed by atoms with van der Waals surface area (Å²) >= 11 is 0. The lowest BCUT2D eigenvalue weighted by atomic mass is 10.1. The minimum Gasteiger partial charge on any atom is -0.493 e. The lowest BCUT2D eigenvalue weighted by Gasteiger charge is -2.12. The molecule has 8 heteroatoms.